The monoisotopic (exact) mass is 262 g/mol. The van der Waals surface area contributed by atoms with Crippen LogP contribution in [0.4, 0.5) is 5.69 Å². The summed E-state index contributed by atoms with van der Waals surface area (Å²) in [6.07, 6.45) is 0.886. The van der Waals surface area contributed by atoms with Crippen LogP contribution in [-0.4, -0.2) is 38.1 Å². The van der Waals surface area contributed by atoms with E-state index in [4.69, 9.17) is 4.74 Å². The van der Waals surface area contributed by atoms with E-state index in [1.54, 1.807) is 0 Å². The van der Waals surface area contributed by atoms with Crippen LogP contribution in [-0.2, 0) is 20.7 Å². The summed E-state index contributed by atoms with van der Waals surface area (Å²) < 4.78 is 4.70. The lowest BCUT2D eigenvalue weighted by atomic mass is 10.1. The van der Waals surface area contributed by atoms with E-state index in [0.717, 1.165) is 12.1 Å². The molecule has 19 heavy (non-hydrogen) atoms. The molecule has 1 amide bonds. The molecule has 1 saturated heterocycles. The molecule has 1 atom stereocenters. The molecule has 1 aromatic rings. The average molecular weight is 262 g/mol. The summed E-state index contributed by atoms with van der Waals surface area (Å²) in [5.74, 6) is -0.570. The molecule has 1 aromatic carbocycles. The lowest BCUT2D eigenvalue weighted by Crippen LogP contribution is -2.57. The van der Waals surface area contributed by atoms with Gasteiger partial charge in [-0.2, -0.15) is 0 Å². The Morgan fingerprint density at radius 3 is 2.89 bits per heavy atom. The fourth-order valence-electron chi connectivity index (χ4n) is 2.32. The van der Waals surface area contributed by atoms with Crippen LogP contribution in [0, 0.1) is 0 Å². The molecule has 1 heterocycles. The first-order valence-electron chi connectivity index (χ1n) is 6.35. The number of nitrogens with one attached hydrogen (secondary N) is 1. The number of para-hydroxylation sites is 1. The average Bonchev–Trinajstić information content (AvgIpc) is 2.45. The van der Waals surface area contributed by atoms with Crippen LogP contribution < -0.4 is 10.2 Å². The summed E-state index contributed by atoms with van der Waals surface area (Å²) in [5, 5.41) is 2.65. The molecule has 5 heteroatoms. The van der Waals surface area contributed by atoms with Gasteiger partial charge < -0.3 is 15.0 Å². The van der Waals surface area contributed by atoms with Crippen molar-refractivity contribution in [3.05, 3.63) is 29.8 Å². The molecule has 0 aliphatic carbocycles. The Hall–Kier alpha value is -2.04. The van der Waals surface area contributed by atoms with Crippen molar-refractivity contribution in [1.82, 2.24) is 5.32 Å². The predicted molar refractivity (Wildman–Crippen MR) is 72.0 cm³/mol. The number of rotatable bonds is 3. The minimum atomic E-state index is -0.601. The van der Waals surface area contributed by atoms with Crippen LogP contribution in [0.15, 0.2) is 24.3 Å². The van der Waals surface area contributed by atoms with Crippen molar-refractivity contribution in [2.75, 3.05) is 25.1 Å². The second-order valence-electron chi connectivity index (χ2n) is 4.51. The minimum absolute atomic E-state index is 0.160. The summed E-state index contributed by atoms with van der Waals surface area (Å²) in [6.45, 7) is 2.78. The number of methoxy groups -OCH3 is 1. The number of ether oxygens (including phenoxy) is 1. The van der Waals surface area contributed by atoms with Gasteiger partial charge in [-0.25, -0.2) is 4.79 Å². The van der Waals surface area contributed by atoms with Crippen LogP contribution in [0.1, 0.15) is 12.5 Å². The van der Waals surface area contributed by atoms with Gasteiger partial charge in [0, 0.05) is 12.2 Å². The van der Waals surface area contributed by atoms with E-state index in [9.17, 15) is 9.59 Å². The van der Waals surface area contributed by atoms with Crippen molar-refractivity contribution in [3.63, 3.8) is 0 Å². The Morgan fingerprint density at radius 1 is 1.47 bits per heavy atom. The van der Waals surface area contributed by atoms with Gasteiger partial charge >= 0.3 is 5.97 Å². The number of esters is 1. The summed E-state index contributed by atoms with van der Waals surface area (Å²) in [5.41, 5.74) is 2.18. The number of amides is 1. The van der Waals surface area contributed by atoms with Crippen molar-refractivity contribution < 1.29 is 14.3 Å². The van der Waals surface area contributed by atoms with Crippen molar-refractivity contribution >= 4 is 17.6 Å². The maximum absolute atomic E-state index is 11.7. The second-order valence-corrected chi connectivity index (χ2v) is 4.51. The fraction of sp³-hybridized carbons (Fsp3) is 0.429. The molecule has 0 radical (unpaired) electrons. The lowest BCUT2D eigenvalue weighted by molar-refractivity contribution is -0.145. The van der Waals surface area contributed by atoms with Gasteiger partial charge in [-0.05, 0) is 18.1 Å². The first-order chi connectivity index (χ1) is 9.15. The van der Waals surface area contributed by atoms with E-state index >= 15 is 0 Å². The maximum Gasteiger partial charge on any atom is 0.330 e. The SMILES string of the molecule is CCc1ccccc1N1CC(=O)NC(C(=O)OC)C1. The molecule has 102 valence electrons. The van der Waals surface area contributed by atoms with E-state index in [2.05, 4.69) is 12.2 Å². The van der Waals surface area contributed by atoms with E-state index in [-0.39, 0.29) is 12.5 Å². The zero-order valence-electron chi connectivity index (χ0n) is 11.2. The number of aryl methyl sites for hydroxylation is 1. The van der Waals surface area contributed by atoms with Crippen molar-refractivity contribution in [2.45, 2.75) is 19.4 Å². The summed E-state index contributed by atoms with van der Waals surface area (Å²) in [7, 11) is 1.33. The van der Waals surface area contributed by atoms with Gasteiger partial charge in [-0.3, -0.25) is 4.79 Å². The lowest BCUT2D eigenvalue weighted by Gasteiger charge is -2.34. The number of carbonyl (C=O) groups excluding carboxylic acids is 2. The van der Waals surface area contributed by atoms with E-state index < -0.39 is 12.0 Å². The van der Waals surface area contributed by atoms with Crippen LogP contribution in [0.2, 0.25) is 0 Å². The molecule has 0 aromatic heterocycles. The molecule has 2 rings (SSSR count). The first kappa shape index (κ1) is 13.4. The van der Waals surface area contributed by atoms with Crippen molar-refractivity contribution in [3.8, 4) is 0 Å². The van der Waals surface area contributed by atoms with Crippen LogP contribution >= 0.6 is 0 Å². The number of piperazine rings is 1. The number of hydrogen-bond acceptors (Lipinski definition) is 4. The molecule has 0 bridgehead atoms. The number of hydrogen-bond donors (Lipinski definition) is 1. The van der Waals surface area contributed by atoms with Gasteiger partial charge in [0.2, 0.25) is 5.91 Å². The van der Waals surface area contributed by atoms with Crippen LogP contribution in [0.25, 0.3) is 0 Å². The fourth-order valence-corrected chi connectivity index (χ4v) is 2.32. The maximum atomic E-state index is 11.7. The highest BCUT2D eigenvalue weighted by Gasteiger charge is 2.30. The summed E-state index contributed by atoms with van der Waals surface area (Å²) >= 11 is 0. The zero-order chi connectivity index (χ0) is 13.8. The van der Waals surface area contributed by atoms with Gasteiger partial charge in [-0.1, -0.05) is 25.1 Å². The molecule has 1 aliphatic heterocycles. The predicted octanol–water partition coefficient (Wildman–Crippen LogP) is 0.727. The number of carbonyl (C=O) groups is 2. The van der Waals surface area contributed by atoms with Gasteiger partial charge in [0.15, 0.2) is 0 Å². The molecule has 5 nitrogen and oxygen atoms in total. The molecular weight excluding hydrogens is 244 g/mol. The van der Waals surface area contributed by atoms with Crippen molar-refractivity contribution in [2.24, 2.45) is 0 Å². The number of nitrogens with zero attached hydrogens (tertiary/aromatic N) is 1. The zero-order valence-corrected chi connectivity index (χ0v) is 11.2. The Kier molecular flexibility index (Phi) is 4.04. The third-order valence-corrected chi connectivity index (χ3v) is 3.27. The second kappa shape index (κ2) is 5.73. The normalized spacial score (nSPS) is 18.9. The van der Waals surface area contributed by atoms with Gasteiger partial charge in [0.25, 0.3) is 0 Å². The quantitative estimate of drug-likeness (QED) is 0.816. The van der Waals surface area contributed by atoms with Gasteiger partial charge in [0.1, 0.15) is 6.04 Å². The van der Waals surface area contributed by atoms with Gasteiger partial charge in [-0.15, -0.1) is 0 Å². The number of anilines is 1. The molecule has 1 aliphatic rings. The standard InChI is InChI=1S/C14H18N2O3/c1-3-10-6-4-5-7-12(10)16-8-11(14(18)19-2)15-13(17)9-16/h4-7,11H,3,8-9H2,1-2H3,(H,15,17). The third-order valence-electron chi connectivity index (χ3n) is 3.27. The van der Waals surface area contributed by atoms with Crippen LogP contribution in [0.3, 0.4) is 0 Å². The minimum Gasteiger partial charge on any atom is -0.467 e. The highest BCUT2D eigenvalue weighted by atomic mass is 16.5. The van der Waals surface area contributed by atoms with E-state index in [0.29, 0.717) is 6.54 Å². The Bertz CT molecular complexity index is 487. The molecule has 1 unspecified atom stereocenters. The molecular formula is C14H18N2O3. The molecule has 1 N–H and O–H groups in total. The topological polar surface area (TPSA) is 58.6 Å². The highest BCUT2D eigenvalue weighted by molar-refractivity contribution is 5.90. The molecule has 1 fully saturated rings. The smallest absolute Gasteiger partial charge is 0.330 e. The highest BCUT2D eigenvalue weighted by Crippen LogP contribution is 2.22. The largest absolute Gasteiger partial charge is 0.467 e. The van der Waals surface area contributed by atoms with Crippen LogP contribution in [0.5, 0.6) is 0 Å². The Labute approximate surface area is 112 Å². The molecule has 0 spiro atoms. The molecule has 0 saturated carbocycles. The summed E-state index contributed by atoms with van der Waals surface area (Å²) in [4.78, 5) is 25.2. The number of benzene rings is 1. The van der Waals surface area contributed by atoms with Crippen molar-refractivity contribution in [1.29, 1.82) is 0 Å². The van der Waals surface area contributed by atoms with Gasteiger partial charge in [0.05, 0.1) is 13.7 Å². The van der Waals surface area contributed by atoms with E-state index in [1.165, 1.54) is 12.7 Å². The van der Waals surface area contributed by atoms with E-state index in [1.807, 2.05) is 29.2 Å². The summed E-state index contributed by atoms with van der Waals surface area (Å²) in [6, 6.07) is 7.33. The first-order valence-corrected chi connectivity index (χ1v) is 6.35. The third kappa shape index (κ3) is 2.86. The Morgan fingerprint density at radius 2 is 2.21 bits per heavy atom. The Balaban J connectivity index is 2.24.